The smallest absolute Gasteiger partial charge is 0.331 e. The van der Waals surface area contributed by atoms with Gasteiger partial charge >= 0.3 is 29.8 Å². The van der Waals surface area contributed by atoms with Gasteiger partial charge in [-0.1, -0.05) is 19.7 Å². The van der Waals surface area contributed by atoms with Crippen molar-refractivity contribution in [3.63, 3.8) is 0 Å². The lowest BCUT2D eigenvalue weighted by Crippen LogP contribution is -2.04. The largest absolute Gasteiger partial charge is 0.481 e. The first kappa shape index (κ1) is 25.5. The van der Waals surface area contributed by atoms with Gasteiger partial charge in [0.05, 0.1) is 12.8 Å². The van der Waals surface area contributed by atoms with Gasteiger partial charge in [-0.2, -0.15) is 0 Å². The summed E-state index contributed by atoms with van der Waals surface area (Å²) in [6, 6.07) is 0. The zero-order valence-electron chi connectivity index (χ0n) is 12.8. The molecule has 0 saturated heterocycles. The summed E-state index contributed by atoms with van der Waals surface area (Å²) in [7, 11) is 0. The lowest BCUT2D eigenvalue weighted by atomic mass is 10.2. The molecule has 0 aromatic heterocycles. The average Bonchev–Trinajstić information content (AvgIpc) is 2.38. The minimum Gasteiger partial charge on any atom is -0.481 e. The molecule has 0 bridgehead atoms. The van der Waals surface area contributed by atoms with Crippen LogP contribution in [0.4, 0.5) is 0 Å². The molecule has 0 amide bonds. The summed E-state index contributed by atoms with van der Waals surface area (Å²) in [6.45, 7) is 10.6. The maximum absolute atomic E-state index is 9.87. The van der Waals surface area contributed by atoms with Gasteiger partial charge in [0.15, 0.2) is 0 Å². The van der Waals surface area contributed by atoms with Crippen molar-refractivity contribution >= 4 is 29.8 Å². The van der Waals surface area contributed by atoms with Crippen LogP contribution in [-0.2, 0) is 24.0 Å². The minimum atomic E-state index is -1.27. The Labute approximate surface area is 136 Å². The number of hydrogen-bond acceptors (Lipinski definition) is 5. The highest BCUT2D eigenvalue weighted by Crippen LogP contribution is 1.96. The lowest BCUT2D eigenvalue weighted by Gasteiger charge is -1.91. The predicted octanol–water partition coefficient (Wildman–Crippen LogP) is 0.851. The SMILES string of the molecule is C=C(C)C(=O)O.C=C(CC(=O)O)C(=O)O.C=C(CC(=O)O)C(=O)O. The molecule has 0 saturated carbocycles. The first-order chi connectivity index (χ1) is 10.7. The number of hydrogen-bond donors (Lipinski definition) is 5. The highest BCUT2D eigenvalue weighted by molar-refractivity contribution is 5.91. The van der Waals surface area contributed by atoms with E-state index in [0.717, 1.165) is 0 Å². The summed E-state index contributed by atoms with van der Waals surface area (Å²) < 4.78 is 0. The number of carboxylic acid groups (broad SMARTS) is 5. The first-order valence-corrected chi connectivity index (χ1v) is 5.86. The normalized spacial score (nSPS) is 8.21. The second-order valence-electron chi connectivity index (χ2n) is 4.04. The third-order valence-electron chi connectivity index (χ3n) is 1.70. The van der Waals surface area contributed by atoms with E-state index in [1.54, 1.807) is 0 Å². The van der Waals surface area contributed by atoms with Crippen LogP contribution in [0.15, 0.2) is 36.5 Å². The lowest BCUT2D eigenvalue weighted by molar-refractivity contribution is -0.139. The van der Waals surface area contributed by atoms with E-state index in [2.05, 4.69) is 19.7 Å². The Morgan fingerprint density at radius 2 is 0.833 bits per heavy atom. The predicted molar refractivity (Wildman–Crippen MR) is 80.5 cm³/mol. The molecule has 0 aliphatic heterocycles. The number of aliphatic carboxylic acids is 5. The van der Waals surface area contributed by atoms with E-state index in [-0.39, 0.29) is 16.7 Å². The van der Waals surface area contributed by atoms with Crippen molar-refractivity contribution in [2.24, 2.45) is 0 Å². The molecule has 0 atom stereocenters. The Balaban J connectivity index is -0.000000282. The number of rotatable bonds is 7. The second-order valence-corrected chi connectivity index (χ2v) is 4.04. The average molecular weight is 346 g/mol. The van der Waals surface area contributed by atoms with Gasteiger partial charge < -0.3 is 25.5 Å². The molecule has 0 aromatic rings. The van der Waals surface area contributed by atoms with Crippen LogP contribution in [0.1, 0.15) is 19.8 Å². The Morgan fingerprint density at radius 3 is 0.875 bits per heavy atom. The molecular formula is C14H18O10. The van der Waals surface area contributed by atoms with Gasteiger partial charge in [0.1, 0.15) is 0 Å². The van der Waals surface area contributed by atoms with E-state index in [4.69, 9.17) is 25.5 Å². The van der Waals surface area contributed by atoms with Gasteiger partial charge in [-0.3, -0.25) is 9.59 Å². The van der Waals surface area contributed by atoms with Crippen molar-refractivity contribution in [1.29, 1.82) is 0 Å². The van der Waals surface area contributed by atoms with E-state index in [9.17, 15) is 24.0 Å². The van der Waals surface area contributed by atoms with Crippen LogP contribution in [0.2, 0.25) is 0 Å². The monoisotopic (exact) mass is 346 g/mol. The molecule has 0 fully saturated rings. The molecule has 0 unspecified atom stereocenters. The summed E-state index contributed by atoms with van der Waals surface area (Å²) in [5.74, 6) is -5.82. The molecule has 5 N–H and O–H groups in total. The molecule has 0 aromatic carbocycles. The van der Waals surface area contributed by atoms with E-state index < -0.39 is 42.7 Å². The van der Waals surface area contributed by atoms with Gasteiger partial charge in [-0.25, -0.2) is 14.4 Å². The Kier molecular flexibility index (Phi) is 14.1. The maximum Gasteiger partial charge on any atom is 0.331 e. The highest BCUT2D eigenvalue weighted by atomic mass is 16.4. The quantitative estimate of drug-likeness (QED) is 0.413. The third kappa shape index (κ3) is 20.9. The van der Waals surface area contributed by atoms with Crippen molar-refractivity contribution in [3.8, 4) is 0 Å². The molecule has 0 aliphatic carbocycles. The van der Waals surface area contributed by atoms with Crippen molar-refractivity contribution in [1.82, 2.24) is 0 Å². The van der Waals surface area contributed by atoms with Crippen molar-refractivity contribution < 1.29 is 49.5 Å². The summed E-state index contributed by atoms with van der Waals surface area (Å²) in [6.07, 6.45) is -1.01. The van der Waals surface area contributed by atoms with Gasteiger partial charge in [0.25, 0.3) is 0 Å². The molecule has 10 nitrogen and oxygen atoms in total. The summed E-state index contributed by atoms with van der Waals surface area (Å²) in [5.41, 5.74) is -0.431. The van der Waals surface area contributed by atoms with Crippen LogP contribution >= 0.6 is 0 Å². The van der Waals surface area contributed by atoms with Crippen LogP contribution in [0.25, 0.3) is 0 Å². The number of carbonyl (C=O) groups is 5. The molecule has 0 spiro atoms. The molecule has 0 radical (unpaired) electrons. The second kappa shape index (κ2) is 13.2. The Hall–Kier alpha value is -3.43. The Morgan fingerprint density at radius 1 is 0.625 bits per heavy atom. The van der Waals surface area contributed by atoms with Crippen molar-refractivity contribution in [2.45, 2.75) is 19.8 Å². The first-order valence-electron chi connectivity index (χ1n) is 5.86. The molecule has 24 heavy (non-hydrogen) atoms. The zero-order chi connectivity index (χ0) is 20.0. The fraction of sp³-hybridized carbons (Fsp3) is 0.214. The number of carboxylic acids is 5. The van der Waals surface area contributed by atoms with Gasteiger partial charge in [-0.15, -0.1) is 0 Å². The molecule has 0 heterocycles. The minimum absolute atomic E-state index is 0.176. The third-order valence-corrected chi connectivity index (χ3v) is 1.70. The van der Waals surface area contributed by atoms with Gasteiger partial charge in [0, 0.05) is 16.7 Å². The molecule has 134 valence electrons. The zero-order valence-corrected chi connectivity index (χ0v) is 12.8. The van der Waals surface area contributed by atoms with E-state index in [1.807, 2.05) is 0 Å². The van der Waals surface area contributed by atoms with E-state index in [0.29, 0.717) is 0 Å². The summed E-state index contributed by atoms with van der Waals surface area (Å²) >= 11 is 0. The van der Waals surface area contributed by atoms with Gasteiger partial charge in [-0.05, 0) is 6.92 Å². The van der Waals surface area contributed by atoms with E-state index in [1.165, 1.54) is 6.92 Å². The maximum atomic E-state index is 9.87. The molecule has 10 heteroatoms. The van der Waals surface area contributed by atoms with Crippen LogP contribution in [0.3, 0.4) is 0 Å². The summed E-state index contributed by atoms with van der Waals surface area (Å²) in [4.78, 5) is 48.9. The van der Waals surface area contributed by atoms with E-state index >= 15 is 0 Å². The van der Waals surface area contributed by atoms with Crippen LogP contribution in [0.5, 0.6) is 0 Å². The van der Waals surface area contributed by atoms with Gasteiger partial charge in [0.2, 0.25) is 0 Å². The molecular weight excluding hydrogens is 328 g/mol. The summed E-state index contributed by atoms with van der Waals surface area (Å²) in [5, 5.41) is 40.0. The fourth-order valence-electron chi connectivity index (χ4n) is 0.516. The van der Waals surface area contributed by atoms with Crippen LogP contribution in [0, 0.1) is 0 Å². The standard InChI is InChI=1S/2C5H6O4.C4H6O2/c2*1-3(5(8)9)2-4(6)7;1-3(2)4(5)6/h2*1-2H2,(H,6,7)(H,8,9);1H2,2H3,(H,5,6). The Bertz CT molecular complexity index is 506. The molecule has 0 rings (SSSR count). The van der Waals surface area contributed by atoms with Crippen molar-refractivity contribution in [3.05, 3.63) is 36.5 Å². The highest BCUT2D eigenvalue weighted by Gasteiger charge is 2.07. The van der Waals surface area contributed by atoms with Crippen LogP contribution < -0.4 is 0 Å². The molecule has 0 aliphatic rings. The fourth-order valence-corrected chi connectivity index (χ4v) is 0.516. The topological polar surface area (TPSA) is 186 Å². The van der Waals surface area contributed by atoms with Crippen LogP contribution in [-0.4, -0.2) is 55.4 Å². The van der Waals surface area contributed by atoms with Crippen molar-refractivity contribution in [2.75, 3.05) is 0 Å².